The zero-order valence-corrected chi connectivity index (χ0v) is 10.3. The van der Waals surface area contributed by atoms with Gasteiger partial charge in [0.25, 0.3) is 0 Å². The first kappa shape index (κ1) is 13.0. The Morgan fingerprint density at radius 1 is 1.39 bits per heavy atom. The van der Waals surface area contributed by atoms with Gasteiger partial charge in [0.05, 0.1) is 0 Å². The van der Waals surface area contributed by atoms with E-state index in [0.29, 0.717) is 25.5 Å². The van der Waals surface area contributed by atoms with Crippen LogP contribution < -0.4 is 5.32 Å². The molecule has 1 amide bonds. The Bertz CT molecular complexity index is 385. The summed E-state index contributed by atoms with van der Waals surface area (Å²) in [4.78, 5) is 11.7. The SMILES string of the molecule is O=C(CC1CCCOC1)NCc1ccc(F)cc1. The Balaban J connectivity index is 1.72. The van der Waals surface area contributed by atoms with Gasteiger partial charge in [-0.3, -0.25) is 4.79 Å². The predicted octanol–water partition coefficient (Wildman–Crippen LogP) is 2.26. The molecule has 0 aromatic heterocycles. The molecule has 0 aliphatic carbocycles. The first-order chi connectivity index (χ1) is 8.74. The van der Waals surface area contributed by atoms with Crippen LogP contribution in [0.25, 0.3) is 0 Å². The Labute approximate surface area is 106 Å². The molecule has 1 aliphatic rings. The van der Waals surface area contributed by atoms with Gasteiger partial charge in [0.2, 0.25) is 5.91 Å². The van der Waals surface area contributed by atoms with Crippen LogP contribution in [0.5, 0.6) is 0 Å². The molecular weight excluding hydrogens is 233 g/mol. The lowest BCUT2D eigenvalue weighted by atomic mass is 9.98. The number of nitrogens with one attached hydrogen (secondary N) is 1. The first-order valence-corrected chi connectivity index (χ1v) is 6.33. The number of benzene rings is 1. The number of halogens is 1. The van der Waals surface area contributed by atoms with E-state index in [4.69, 9.17) is 4.74 Å². The van der Waals surface area contributed by atoms with Crippen LogP contribution in [0.2, 0.25) is 0 Å². The molecule has 1 N–H and O–H groups in total. The van der Waals surface area contributed by atoms with E-state index in [9.17, 15) is 9.18 Å². The molecule has 0 saturated carbocycles. The van der Waals surface area contributed by atoms with Crippen LogP contribution in [0.15, 0.2) is 24.3 Å². The van der Waals surface area contributed by atoms with E-state index in [1.54, 1.807) is 12.1 Å². The van der Waals surface area contributed by atoms with Gasteiger partial charge in [0.15, 0.2) is 0 Å². The zero-order valence-electron chi connectivity index (χ0n) is 10.3. The largest absolute Gasteiger partial charge is 0.381 e. The average Bonchev–Trinajstić information content (AvgIpc) is 2.39. The third-order valence-electron chi connectivity index (χ3n) is 3.13. The molecule has 1 aliphatic heterocycles. The fraction of sp³-hybridized carbons (Fsp3) is 0.500. The van der Waals surface area contributed by atoms with Gasteiger partial charge >= 0.3 is 0 Å². The van der Waals surface area contributed by atoms with Crippen molar-refractivity contribution < 1.29 is 13.9 Å². The Morgan fingerprint density at radius 3 is 2.83 bits per heavy atom. The molecule has 1 atom stereocenters. The summed E-state index contributed by atoms with van der Waals surface area (Å²) in [6.45, 7) is 1.95. The van der Waals surface area contributed by atoms with Crippen molar-refractivity contribution in [1.82, 2.24) is 5.32 Å². The molecule has 1 aromatic rings. The molecule has 2 rings (SSSR count). The monoisotopic (exact) mass is 251 g/mol. The van der Waals surface area contributed by atoms with Crippen molar-refractivity contribution in [1.29, 1.82) is 0 Å². The van der Waals surface area contributed by atoms with Gasteiger partial charge in [0.1, 0.15) is 5.82 Å². The van der Waals surface area contributed by atoms with Gasteiger partial charge in [0, 0.05) is 26.2 Å². The van der Waals surface area contributed by atoms with Gasteiger partial charge in [-0.15, -0.1) is 0 Å². The number of rotatable bonds is 4. The third-order valence-corrected chi connectivity index (χ3v) is 3.13. The van der Waals surface area contributed by atoms with E-state index < -0.39 is 0 Å². The van der Waals surface area contributed by atoms with Gasteiger partial charge < -0.3 is 10.1 Å². The quantitative estimate of drug-likeness (QED) is 0.891. The van der Waals surface area contributed by atoms with Crippen molar-refractivity contribution in [3.63, 3.8) is 0 Å². The average molecular weight is 251 g/mol. The minimum Gasteiger partial charge on any atom is -0.381 e. The second kappa shape index (κ2) is 6.50. The molecule has 98 valence electrons. The summed E-state index contributed by atoms with van der Waals surface area (Å²) in [5, 5.41) is 2.85. The molecule has 3 nitrogen and oxygen atoms in total. The fourth-order valence-electron chi connectivity index (χ4n) is 2.11. The Hall–Kier alpha value is -1.42. The lowest BCUT2D eigenvalue weighted by Gasteiger charge is -2.21. The van der Waals surface area contributed by atoms with Crippen molar-refractivity contribution in [2.75, 3.05) is 13.2 Å². The van der Waals surface area contributed by atoms with E-state index >= 15 is 0 Å². The molecule has 1 aromatic carbocycles. The summed E-state index contributed by atoms with van der Waals surface area (Å²) in [5.41, 5.74) is 0.907. The Morgan fingerprint density at radius 2 is 2.17 bits per heavy atom. The summed E-state index contributed by atoms with van der Waals surface area (Å²) < 4.78 is 18.0. The van der Waals surface area contributed by atoms with Crippen LogP contribution in [0.4, 0.5) is 4.39 Å². The summed E-state index contributed by atoms with van der Waals surface area (Å²) in [7, 11) is 0. The number of hydrogen-bond donors (Lipinski definition) is 1. The second-order valence-electron chi connectivity index (χ2n) is 4.69. The van der Waals surface area contributed by atoms with Gasteiger partial charge in [-0.25, -0.2) is 4.39 Å². The summed E-state index contributed by atoms with van der Waals surface area (Å²) in [6, 6.07) is 6.16. The van der Waals surface area contributed by atoms with Gasteiger partial charge in [-0.1, -0.05) is 12.1 Å². The van der Waals surface area contributed by atoms with Crippen LogP contribution in [0, 0.1) is 11.7 Å². The minimum absolute atomic E-state index is 0.0369. The van der Waals surface area contributed by atoms with Crippen molar-refractivity contribution in [2.24, 2.45) is 5.92 Å². The van der Waals surface area contributed by atoms with Crippen LogP contribution >= 0.6 is 0 Å². The molecule has 18 heavy (non-hydrogen) atoms. The van der Waals surface area contributed by atoms with Crippen molar-refractivity contribution in [2.45, 2.75) is 25.8 Å². The Kier molecular flexibility index (Phi) is 4.70. The van der Waals surface area contributed by atoms with Crippen LogP contribution in [0.1, 0.15) is 24.8 Å². The number of amides is 1. The minimum atomic E-state index is -0.260. The third kappa shape index (κ3) is 4.11. The summed E-state index contributed by atoms with van der Waals surface area (Å²) in [5.74, 6) is 0.117. The molecule has 1 fully saturated rings. The molecular formula is C14H18FNO2. The standard InChI is InChI=1S/C14H18FNO2/c15-13-5-3-11(4-6-13)9-16-14(17)8-12-2-1-7-18-10-12/h3-6,12H,1-2,7-10H2,(H,16,17). The highest BCUT2D eigenvalue weighted by Gasteiger charge is 2.17. The summed E-state index contributed by atoms with van der Waals surface area (Å²) in [6.07, 6.45) is 2.61. The van der Waals surface area contributed by atoms with E-state index in [1.807, 2.05) is 0 Å². The maximum atomic E-state index is 12.7. The highest BCUT2D eigenvalue weighted by Crippen LogP contribution is 2.16. The lowest BCUT2D eigenvalue weighted by Crippen LogP contribution is -2.28. The molecule has 0 radical (unpaired) electrons. The molecule has 1 heterocycles. The van der Waals surface area contributed by atoms with E-state index in [-0.39, 0.29) is 11.7 Å². The first-order valence-electron chi connectivity index (χ1n) is 6.33. The number of hydrogen-bond acceptors (Lipinski definition) is 2. The lowest BCUT2D eigenvalue weighted by molar-refractivity contribution is -0.123. The van der Waals surface area contributed by atoms with Gasteiger partial charge in [-0.2, -0.15) is 0 Å². The van der Waals surface area contributed by atoms with Crippen LogP contribution in [-0.2, 0) is 16.1 Å². The summed E-state index contributed by atoms with van der Waals surface area (Å²) >= 11 is 0. The molecule has 1 unspecified atom stereocenters. The highest BCUT2D eigenvalue weighted by atomic mass is 19.1. The van der Waals surface area contributed by atoms with Crippen molar-refractivity contribution in [3.8, 4) is 0 Å². The van der Waals surface area contributed by atoms with E-state index in [1.165, 1.54) is 12.1 Å². The van der Waals surface area contributed by atoms with E-state index in [2.05, 4.69) is 5.32 Å². The zero-order chi connectivity index (χ0) is 12.8. The van der Waals surface area contributed by atoms with E-state index in [0.717, 1.165) is 25.0 Å². The smallest absolute Gasteiger partial charge is 0.220 e. The topological polar surface area (TPSA) is 38.3 Å². The maximum absolute atomic E-state index is 12.7. The van der Waals surface area contributed by atoms with Crippen LogP contribution in [-0.4, -0.2) is 19.1 Å². The molecule has 0 bridgehead atoms. The van der Waals surface area contributed by atoms with Crippen molar-refractivity contribution in [3.05, 3.63) is 35.6 Å². The van der Waals surface area contributed by atoms with Crippen LogP contribution in [0.3, 0.4) is 0 Å². The normalized spacial score (nSPS) is 19.5. The highest BCUT2D eigenvalue weighted by molar-refractivity contribution is 5.76. The maximum Gasteiger partial charge on any atom is 0.220 e. The molecule has 0 spiro atoms. The van der Waals surface area contributed by atoms with Crippen molar-refractivity contribution >= 4 is 5.91 Å². The number of carbonyl (C=O) groups is 1. The number of carbonyl (C=O) groups excluding carboxylic acids is 1. The molecule has 1 saturated heterocycles. The predicted molar refractivity (Wildman–Crippen MR) is 66.4 cm³/mol. The van der Waals surface area contributed by atoms with Gasteiger partial charge in [-0.05, 0) is 36.5 Å². The number of ether oxygens (including phenoxy) is 1. The second-order valence-corrected chi connectivity index (χ2v) is 4.69. The fourth-order valence-corrected chi connectivity index (χ4v) is 2.11. The molecule has 4 heteroatoms.